The average molecular weight is 226 g/mol. The van der Waals surface area contributed by atoms with E-state index in [1.165, 1.54) is 19.3 Å². The summed E-state index contributed by atoms with van der Waals surface area (Å²) in [6.45, 7) is 7.70. The Kier molecular flexibility index (Phi) is 9.75. The maximum Gasteiger partial charge on any atom is 0.0340 e. The summed E-state index contributed by atoms with van der Waals surface area (Å²) in [4.78, 5) is 0.928. The first kappa shape index (κ1) is 14.5. The van der Waals surface area contributed by atoms with E-state index >= 15 is 0 Å². The van der Waals surface area contributed by atoms with Crippen LogP contribution in [0.25, 0.3) is 0 Å². The fraction of sp³-hybridized carbons (Fsp3) is 0.538. The Morgan fingerprint density at radius 3 is 2.27 bits per heavy atom. The van der Waals surface area contributed by atoms with Crippen molar-refractivity contribution in [2.45, 2.75) is 46.0 Å². The van der Waals surface area contributed by atoms with E-state index in [1.54, 1.807) is 0 Å². The van der Waals surface area contributed by atoms with Gasteiger partial charge >= 0.3 is 0 Å². The molecule has 0 aliphatic heterocycles. The van der Waals surface area contributed by atoms with Gasteiger partial charge in [0.15, 0.2) is 0 Å². The summed E-state index contributed by atoms with van der Waals surface area (Å²) in [5.41, 5.74) is 1.13. The van der Waals surface area contributed by atoms with Gasteiger partial charge in [-0.2, -0.15) is 0 Å². The fourth-order valence-corrected chi connectivity index (χ4v) is 1.27. The molecule has 0 aromatic rings. The van der Waals surface area contributed by atoms with Crippen LogP contribution in [0, 0.1) is 0 Å². The molecule has 1 aliphatic rings. The van der Waals surface area contributed by atoms with Gasteiger partial charge in [-0.25, -0.2) is 0 Å². The molecule has 1 fully saturated rings. The third-order valence-electron chi connectivity index (χ3n) is 1.82. The van der Waals surface area contributed by atoms with Crippen LogP contribution < -0.4 is 0 Å². The summed E-state index contributed by atoms with van der Waals surface area (Å²) in [6, 6.07) is 0. The molecular formula is C13H22OS. The third kappa shape index (κ3) is 9.83. The predicted octanol–water partition coefficient (Wildman–Crippen LogP) is 5.18. The van der Waals surface area contributed by atoms with Crippen molar-refractivity contribution >= 4 is 12.0 Å². The highest BCUT2D eigenvalue weighted by Crippen LogP contribution is 2.21. The molecule has 0 unspecified atom stereocenters. The second kappa shape index (κ2) is 10.1. The van der Waals surface area contributed by atoms with E-state index in [-0.39, 0.29) is 0 Å². The Labute approximate surface area is 98.2 Å². The monoisotopic (exact) mass is 226 g/mol. The Hall–Kier alpha value is -0.470. The molecule has 1 saturated carbocycles. The maximum absolute atomic E-state index is 8.92. The van der Waals surface area contributed by atoms with E-state index in [1.807, 2.05) is 19.1 Å². The van der Waals surface area contributed by atoms with Crippen LogP contribution in [0.2, 0.25) is 0 Å². The van der Waals surface area contributed by atoms with Crippen LogP contribution >= 0.6 is 12.0 Å². The van der Waals surface area contributed by atoms with Crippen LogP contribution in [0.1, 0.15) is 46.0 Å². The van der Waals surface area contributed by atoms with Gasteiger partial charge in [0.25, 0.3) is 0 Å². The van der Waals surface area contributed by atoms with E-state index in [0.717, 1.165) is 35.4 Å². The molecule has 0 aromatic heterocycles. The zero-order chi connectivity index (χ0) is 11.5. The molecule has 2 heteroatoms. The summed E-state index contributed by atoms with van der Waals surface area (Å²) in [5.74, 6) is 0. The van der Waals surface area contributed by atoms with E-state index in [9.17, 15) is 0 Å². The lowest BCUT2D eigenvalue weighted by Gasteiger charge is -2.01. The molecule has 1 rings (SSSR count). The lowest BCUT2D eigenvalue weighted by atomic mass is 10.2. The van der Waals surface area contributed by atoms with Gasteiger partial charge in [0.05, 0.1) is 0 Å². The first-order chi connectivity index (χ1) is 7.26. The van der Waals surface area contributed by atoms with Gasteiger partial charge in [0, 0.05) is 16.9 Å². The van der Waals surface area contributed by atoms with E-state index in [4.69, 9.17) is 4.55 Å². The van der Waals surface area contributed by atoms with Crippen LogP contribution in [-0.4, -0.2) is 4.55 Å². The van der Waals surface area contributed by atoms with Crippen molar-refractivity contribution in [1.29, 1.82) is 0 Å². The standard InChI is InChI=1S/C10H16OS.C3H6/c1-4-6-8-10(12-11)9(3)7-5-2;1-2-3-1/h4,7-8,11H,1,5-6H2,2-3H3;1-3H2/b9-7?,10-8+;. The number of allylic oxidation sites excluding steroid dienone is 4. The molecular weight excluding hydrogens is 204 g/mol. The second-order valence-corrected chi connectivity index (χ2v) is 4.16. The molecule has 0 atom stereocenters. The minimum Gasteiger partial charge on any atom is -0.325 e. The topological polar surface area (TPSA) is 20.2 Å². The number of hydrogen-bond donors (Lipinski definition) is 1. The highest BCUT2D eigenvalue weighted by molar-refractivity contribution is 7.97. The van der Waals surface area contributed by atoms with Crippen LogP contribution in [-0.2, 0) is 0 Å². The Morgan fingerprint density at radius 1 is 1.33 bits per heavy atom. The Bertz CT molecular complexity index is 224. The lowest BCUT2D eigenvalue weighted by Crippen LogP contribution is -1.79. The van der Waals surface area contributed by atoms with Gasteiger partial charge in [-0.15, -0.1) is 6.58 Å². The highest BCUT2D eigenvalue weighted by atomic mass is 32.2. The van der Waals surface area contributed by atoms with Crippen molar-refractivity contribution in [3.63, 3.8) is 0 Å². The third-order valence-corrected chi connectivity index (χ3v) is 2.51. The average Bonchev–Trinajstić information content (AvgIpc) is 3.06. The number of rotatable bonds is 5. The predicted molar refractivity (Wildman–Crippen MR) is 71.0 cm³/mol. The molecule has 1 nitrogen and oxygen atoms in total. The molecule has 86 valence electrons. The van der Waals surface area contributed by atoms with E-state index in [0.29, 0.717) is 0 Å². The lowest BCUT2D eigenvalue weighted by molar-refractivity contribution is 0.669. The normalized spacial score (nSPS) is 15.4. The molecule has 0 radical (unpaired) electrons. The molecule has 0 heterocycles. The highest BCUT2D eigenvalue weighted by Gasteiger charge is 1.97. The maximum atomic E-state index is 8.92. The van der Waals surface area contributed by atoms with Crippen molar-refractivity contribution in [3.05, 3.63) is 35.3 Å². The minimum atomic E-state index is 0.803. The van der Waals surface area contributed by atoms with Gasteiger partial charge in [0.2, 0.25) is 0 Å². The molecule has 0 aromatic carbocycles. The van der Waals surface area contributed by atoms with E-state index < -0.39 is 0 Å². The van der Waals surface area contributed by atoms with Crippen LogP contribution in [0.5, 0.6) is 0 Å². The van der Waals surface area contributed by atoms with Gasteiger partial charge in [-0.3, -0.25) is 0 Å². The molecule has 0 saturated heterocycles. The quantitative estimate of drug-likeness (QED) is 0.396. The van der Waals surface area contributed by atoms with Gasteiger partial charge < -0.3 is 4.55 Å². The van der Waals surface area contributed by atoms with Crippen LogP contribution in [0.4, 0.5) is 0 Å². The van der Waals surface area contributed by atoms with Crippen LogP contribution in [0.3, 0.4) is 0 Å². The fourth-order valence-electron chi connectivity index (χ4n) is 0.867. The Balaban J connectivity index is 0.000000548. The summed E-state index contributed by atoms with van der Waals surface area (Å²) < 4.78 is 8.92. The summed E-state index contributed by atoms with van der Waals surface area (Å²) >= 11 is 0.803. The zero-order valence-electron chi connectivity index (χ0n) is 9.83. The van der Waals surface area contributed by atoms with Crippen molar-refractivity contribution in [2.24, 2.45) is 0 Å². The van der Waals surface area contributed by atoms with Gasteiger partial charge in [0.1, 0.15) is 0 Å². The summed E-state index contributed by atoms with van der Waals surface area (Å²) in [5, 5.41) is 0. The van der Waals surface area contributed by atoms with Gasteiger partial charge in [-0.1, -0.05) is 44.4 Å². The van der Waals surface area contributed by atoms with E-state index in [2.05, 4.69) is 19.6 Å². The Morgan fingerprint density at radius 2 is 1.93 bits per heavy atom. The zero-order valence-corrected chi connectivity index (χ0v) is 10.6. The largest absolute Gasteiger partial charge is 0.325 e. The smallest absolute Gasteiger partial charge is 0.0340 e. The van der Waals surface area contributed by atoms with Crippen molar-refractivity contribution in [3.8, 4) is 0 Å². The molecule has 1 N–H and O–H groups in total. The molecule has 1 aliphatic carbocycles. The second-order valence-electron chi connectivity index (χ2n) is 3.54. The van der Waals surface area contributed by atoms with Crippen molar-refractivity contribution < 1.29 is 4.55 Å². The molecule has 15 heavy (non-hydrogen) atoms. The van der Waals surface area contributed by atoms with Crippen molar-refractivity contribution in [1.82, 2.24) is 0 Å². The molecule has 0 bridgehead atoms. The minimum absolute atomic E-state index is 0.803. The first-order valence-electron chi connectivity index (χ1n) is 5.55. The first-order valence-corrected chi connectivity index (χ1v) is 6.33. The SMILES string of the molecule is C1CC1.C=CC/C=C(/SO)C(C)=CCC. The summed E-state index contributed by atoms with van der Waals surface area (Å²) in [7, 11) is 0. The molecule has 0 spiro atoms. The summed E-state index contributed by atoms with van der Waals surface area (Å²) in [6.07, 6.45) is 12.2. The van der Waals surface area contributed by atoms with Crippen molar-refractivity contribution in [2.75, 3.05) is 0 Å². The molecule has 0 amide bonds. The van der Waals surface area contributed by atoms with Crippen LogP contribution in [0.15, 0.2) is 35.3 Å². The number of hydrogen-bond acceptors (Lipinski definition) is 2. The van der Waals surface area contributed by atoms with Gasteiger partial charge in [-0.05, 0) is 25.3 Å².